The minimum Gasteiger partial charge on any atom is -0.480 e. The van der Waals surface area contributed by atoms with E-state index >= 15 is 0 Å². The zero-order valence-corrected chi connectivity index (χ0v) is 20.9. The smallest absolute Gasteiger partial charge is 0.326 e. The second-order valence-corrected chi connectivity index (χ2v) is 9.26. The minimum atomic E-state index is -1.18. The standard InChI is InChI=1S/C22H38N6O7/c1-11(2)17(26-15(29)9-23)20(32)25-13(5)21(33)28-8-6-7-14(28)19(31)24-10-16(30)27-18(12(3)4)22(34)35/h11-14,17-18H,6-10,23H2,1-5H3,(H,24,31)(H,25,32)(H,26,29)(H,27,30)(H,34,35)/t13-,14-,17-,18-/m0/s1. The van der Waals surface area contributed by atoms with Gasteiger partial charge in [-0.25, -0.2) is 4.79 Å². The Labute approximate surface area is 204 Å². The Morgan fingerprint density at radius 3 is 2.00 bits per heavy atom. The Hall–Kier alpha value is -3.22. The van der Waals surface area contributed by atoms with Crippen molar-refractivity contribution in [1.82, 2.24) is 26.2 Å². The van der Waals surface area contributed by atoms with Crippen LogP contribution in [0, 0.1) is 11.8 Å². The molecule has 0 aliphatic carbocycles. The van der Waals surface area contributed by atoms with Crippen molar-refractivity contribution in [3.8, 4) is 0 Å². The van der Waals surface area contributed by atoms with Crippen LogP contribution in [0.3, 0.4) is 0 Å². The summed E-state index contributed by atoms with van der Waals surface area (Å²) in [6.45, 7) is 7.86. The summed E-state index contributed by atoms with van der Waals surface area (Å²) in [6.07, 6.45) is 0.942. The van der Waals surface area contributed by atoms with Gasteiger partial charge in [-0.05, 0) is 31.6 Å². The second-order valence-electron chi connectivity index (χ2n) is 9.26. The van der Waals surface area contributed by atoms with Gasteiger partial charge in [0.1, 0.15) is 24.2 Å². The fraction of sp³-hybridized carbons (Fsp3) is 0.727. The molecule has 1 saturated heterocycles. The van der Waals surface area contributed by atoms with E-state index in [0.717, 1.165) is 0 Å². The molecule has 0 unspecified atom stereocenters. The number of carbonyl (C=O) groups excluding carboxylic acids is 5. The molecule has 0 saturated carbocycles. The predicted molar refractivity (Wildman–Crippen MR) is 126 cm³/mol. The fourth-order valence-corrected chi connectivity index (χ4v) is 3.71. The molecular formula is C22H38N6O7. The summed E-state index contributed by atoms with van der Waals surface area (Å²) in [5, 5.41) is 19.1. The van der Waals surface area contributed by atoms with E-state index in [2.05, 4.69) is 21.3 Å². The molecule has 7 N–H and O–H groups in total. The maximum Gasteiger partial charge on any atom is 0.326 e. The van der Waals surface area contributed by atoms with E-state index in [1.807, 2.05) is 0 Å². The van der Waals surface area contributed by atoms with Gasteiger partial charge >= 0.3 is 5.97 Å². The molecule has 5 amide bonds. The number of hydrogen-bond acceptors (Lipinski definition) is 7. The van der Waals surface area contributed by atoms with Crippen LogP contribution in [-0.2, 0) is 28.8 Å². The van der Waals surface area contributed by atoms with Gasteiger partial charge in [0, 0.05) is 6.54 Å². The third kappa shape index (κ3) is 8.81. The highest BCUT2D eigenvalue weighted by atomic mass is 16.4. The molecule has 4 atom stereocenters. The van der Waals surface area contributed by atoms with Gasteiger partial charge < -0.3 is 37.0 Å². The normalized spacial score (nSPS) is 17.9. The first-order valence-electron chi connectivity index (χ1n) is 11.7. The summed E-state index contributed by atoms with van der Waals surface area (Å²) in [4.78, 5) is 74.6. The molecule has 1 aliphatic heterocycles. The Balaban J connectivity index is 2.72. The number of likely N-dealkylation sites (tertiary alicyclic amines) is 1. The van der Waals surface area contributed by atoms with Crippen LogP contribution in [0.25, 0.3) is 0 Å². The monoisotopic (exact) mass is 498 g/mol. The Kier molecular flexibility index (Phi) is 11.6. The van der Waals surface area contributed by atoms with Gasteiger partial charge in [-0.15, -0.1) is 0 Å². The van der Waals surface area contributed by atoms with Crippen LogP contribution in [-0.4, -0.2) is 89.3 Å². The molecule has 198 valence electrons. The summed E-state index contributed by atoms with van der Waals surface area (Å²) in [7, 11) is 0. The number of amides is 5. The molecule has 0 spiro atoms. The zero-order chi connectivity index (χ0) is 26.9. The lowest BCUT2D eigenvalue weighted by atomic mass is 10.0. The van der Waals surface area contributed by atoms with Gasteiger partial charge in [0.05, 0.1) is 13.1 Å². The van der Waals surface area contributed by atoms with E-state index in [-0.39, 0.29) is 18.4 Å². The van der Waals surface area contributed by atoms with Crippen LogP contribution in [0.15, 0.2) is 0 Å². The van der Waals surface area contributed by atoms with Crippen molar-refractivity contribution in [2.45, 2.75) is 71.6 Å². The number of carboxylic acids is 1. The number of carbonyl (C=O) groups is 6. The molecule has 13 heteroatoms. The first kappa shape index (κ1) is 29.8. The number of hydrogen-bond donors (Lipinski definition) is 6. The van der Waals surface area contributed by atoms with Crippen LogP contribution in [0.2, 0.25) is 0 Å². The summed E-state index contributed by atoms with van der Waals surface area (Å²) < 4.78 is 0. The quantitative estimate of drug-likeness (QED) is 0.176. The molecule has 35 heavy (non-hydrogen) atoms. The molecule has 0 bridgehead atoms. The lowest BCUT2D eigenvalue weighted by Gasteiger charge is -2.29. The highest BCUT2D eigenvalue weighted by Crippen LogP contribution is 2.18. The first-order valence-corrected chi connectivity index (χ1v) is 11.7. The van der Waals surface area contributed by atoms with Crippen molar-refractivity contribution in [2.75, 3.05) is 19.6 Å². The van der Waals surface area contributed by atoms with E-state index in [0.29, 0.717) is 19.4 Å². The van der Waals surface area contributed by atoms with Crippen LogP contribution >= 0.6 is 0 Å². The Morgan fingerprint density at radius 1 is 0.914 bits per heavy atom. The zero-order valence-electron chi connectivity index (χ0n) is 20.9. The Morgan fingerprint density at radius 2 is 1.49 bits per heavy atom. The topological polar surface area (TPSA) is 200 Å². The average molecular weight is 499 g/mol. The number of carboxylic acid groups (broad SMARTS) is 1. The molecule has 0 aromatic carbocycles. The molecule has 1 fully saturated rings. The van der Waals surface area contributed by atoms with Gasteiger partial charge in [0.2, 0.25) is 29.5 Å². The highest BCUT2D eigenvalue weighted by Gasteiger charge is 2.37. The third-order valence-corrected chi connectivity index (χ3v) is 5.69. The first-order chi connectivity index (χ1) is 16.3. The van der Waals surface area contributed by atoms with Crippen molar-refractivity contribution in [3.63, 3.8) is 0 Å². The van der Waals surface area contributed by atoms with Crippen LogP contribution in [0.5, 0.6) is 0 Å². The number of nitrogens with one attached hydrogen (secondary N) is 4. The van der Waals surface area contributed by atoms with Gasteiger partial charge in [-0.2, -0.15) is 0 Å². The molecule has 0 radical (unpaired) electrons. The largest absolute Gasteiger partial charge is 0.480 e. The molecule has 1 rings (SSSR count). The third-order valence-electron chi connectivity index (χ3n) is 5.69. The number of nitrogens with zero attached hydrogens (tertiary/aromatic N) is 1. The summed E-state index contributed by atoms with van der Waals surface area (Å²) >= 11 is 0. The van der Waals surface area contributed by atoms with E-state index in [9.17, 15) is 33.9 Å². The van der Waals surface area contributed by atoms with Crippen LogP contribution in [0.4, 0.5) is 0 Å². The van der Waals surface area contributed by atoms with Crippen molar-refractivity contribution in [2.24, 2.45) is 17.6 Å². The van der Waals surface area contributed by atoms with Crippen molar-refractivity contribution in [3.05, 3.63) is 0 Å². The number of aliphatic carboxylic acids is 1. The summed E-state index contributed by atoms with van der Waals surface area (Å²) in [5.74, 6) is -4.49. The molecule has 0 aromatic rings. The Bertz CT molecular complexity index is 816. The van der Waals surface area contributed by atoms with Crippen molar-refractivity contribution >= 4 is 35.5 Å². The van der Waals surface area contributed by atoms with Crippen LogP contribution in [0.1, 0.15) is 47.5 Å². The van der Waals surface area contributed by atoms with Crippen LogP contribution < -0.4 is 27.0 Å². The summed E-state index contributed by atoms with van der Waals surface area (Å²) in [6, 6.07) is -3.75. The molecule has 13 nitrogen and oxygen atoms in total. The van der Waals surface area contributed by atoms with E-state index in [1.54, 1.807) is 27.7 Å². The SMILES string of the molecule is CC(C)[C@H](NC(=O)CNC(=O)[C@@H]1CCCN1C(=O)[C@H](C)NC(=O)[C@@H](NC(=O)CN)C(C)C)C(=O)O. The minimum absolute atomic E-state index is 0.249. The van der Waals surface area contributed by atoms with Gasteiger partial charge in [0.15, 0.2) is 0 Å². The molecule has 1 aliphatic rings. The molecule has 1 heterocycles. The second kappa shape index (κ2) is 13.6. The number of rotatable bonds is 12. The van der Waals surface area contributed by atoms with Gasteiger partial charge in [-0.1, -0.05) is 27.7 Å². The average Bonchev–Trinajstić information content (AvgIpc) is 3.27. The van der Waals surface area contributed by atoms with E-state index in [1.165, 1.54) is 11.8 Å². The maximum absolute atomic E-state index is 13.0. The van der Waals surface area contributed by atoms with E-state index < -0.39 is 66.2 Å². The molecular weight excluding hydrogens is 460 g/mol. The number of nitrogens with two attached hydrogens (primary N) is 1. The van der Waals surface area contributed by atoms with Gasteiger partial charge in [-0.3, -0.25) is 24.0 Å². The summed E-state index contributed by atoms with van der Waals surface area (Å²) in [5.41, 5.74) is 5.30. The van der Waals surface area contributed by atoms with Crippen molar-refractivity contribution in [1.29, 1.82) is 0 Å². The highest BCUT2D eigenvalue weighted by molar-refractivity contribution is 5.95. The lowest BCUT2D eigenvalue weighted by Crippen LogP contribution is -2.57. The van der Waals surface area contributed by atoms with E-state index in [4.69, 9.17) is 5.73 Å². The predicted octanol–water partition coefficient (Wildman–Crippen LogP) is -2.08. The molecule has 0 aromatic heterocycles. The van der Waals surface area contributed by atoms with Gasteiger partial charge in [0.25, 0.3) is 0 Å². The van der Waals surface area contributed by atoms with Crippen molar-refractivity contribution < 1.29 is 33.9 Å². The maximum atomic E-state index is 13.0. The fourth-order valence-electron chi connectivity index (χ4n) is 3.71. The lowest BCUT2D eigenvalue weighted by molar-refractivity contribution is -0.143.